The van der Waals surface area contributed by atoms with E-state index in [1.165, 1.54) is 0 Å². The molecule has 3 nitrogen and oxygen atoms in total. The summed E-state index contributed by atoms with van der Waals surface area (Å²) in [5.41, 5.74) is -0.443. The standard InChI is InChI=1S/C10H17NO2/c1-7(2)4-5-10(3)6-8(12)11-9(10)13/h7H,4-6H2,1-3H3,(H,11,12,13). The van der Waals surface area contributed by atoms with Crippen LogP contribution in [-0.2, 0) is 9.59 Å². The monoisotopic (exact) mass is 183 g/mol. The highest BCUT2D eigenvalue weighted by atomic mass is 16.2. The molecule has 0 aromatic carbocycles. The second-order valence-electron chi connectivity index (χ2n) is 4.55. The summed E-state index contributed by atoms with van der Waals surface area (Å²) in [5, 5.41) is 2.35. The van der Waals surface area contributed by atoms with Crippen LogP contribution in [0.25, 0.3) is 0 Å². The van der Waals surface area contributed by atoms with E-state index in [0.717, 1.165) is 12.8 Å². The highest BCUT2D eigenvalue weighted by Crippen LogP contribution is 2.33. The van der Waals surface area contributed by atoms with Gasteiger partial charge in [-0.1, -0.05) is 20.8 Å². The van der Waals surface area contributed by atoms with Crippen molar-refractivity contribution < 1.29 is 9.59 Å². The van der Waals surface area contributed by atoms with Crippen molar-refractivity contribution in [3.05, 3.63) is 0 Å². The Hall–Kier alpha value is -0.860. The fourth-order valence-electron chi connectivity index (χ4n) is 1.57. The van der Waals surface area contributed by atoms with E-state index >= 15 is 0 Å². The van der Waals surface area contributed by atoms with Gasteiger partial charge in [0.05, 0.1) is 5.41 Å². The van der Waals surface area contributed by atoms with Crippen molar-refractivity contribution >= 4 is 11.8 Å². The van der Waals surface area contributed by atoms with E-state index in [9.17, 15) is 9.59 Å². The van der Waals surface area contributed by atoms with Crippen LogP contribution in [0.5, 0.6) is 0 Å². The molecular weight excluding hydrogens is 166 g/mol. The van der Waals surface area contributed by atoms with Crippen molar-refractivity contribution in [1.29, 1.82) is 0 Å². The number of carbonyl (C=O) groups excluding carboxylic acids is 2. The van der Waals surface area contributed by atoms with Gasteiger partial charge >= 0.3 is 0 Å². The average molecular weight is 183 g/mol. The zero-order valence-corrected chi connectivity index (χ0v) is 8.52. The highest BCUT2D eigenvalue weighted by molar-refractivity contribution is 6.05. The number of rotatable bonds is 3. The van der Waals surface area contributed by atoms with E-state index in [2.05, 4.69) is 19.2 Å². The van der Waals surface area contributed by atoms with E-state index in [1.54, 1.807) is 0 Å². The maximum absolute atomic E-state index is 11.4. The predicted octanol–water partition coefficient (Wildman–Crippen LogP) is 1.48. The molecule has 1 aliphatic heterocycles. The Bertz CT molecular complexity index is 235. The summed E-state index contributed by atoms with van der Waals surface area (Å²) < 4.78 is 0. The van der Waals surface area contributed by atoms with Gasteiger partial charge in [-0.3, -0.25) is 14.9 Å². The quantitative estimate of drug-likeness (QED) is 0.673. The van der Waals surface area contributed by atoms with Gasteiger partial charge in [0.15, 0.2) is 0 Å². The first-order valence-electron chi connectivity index (χ1n) is 4.78. The van der Waals surface area contributed by atoms with Crippen LogP contribution in [0.2, 0.25) is 0 Å². The molecule has 1 atom stereocenters. The molecule has 0 bridgehead atoms. The molecule has 0 radical (unpaired) electrons. The molecule has 13 heavy (non-hydrogen) atoms. The second kappa shape index (κ2) is 3.48. The average Bonchev–Trinajstić information content (AvgIpc) is 2.23. The number of imide groups is 1. The smallest absolute Gasteiger partial charge is 0.233 e. The molecule has 1 heterocycles. The molecular formula is C10H17NO2. The predicted molar refractivity (Wildman–Crippen MR) is 49.9 cm³/mol. The molecule has 1 N–H and O–H groups in total. The number of nitrogens with one attached hydrogen (secondary N) is 1. The molecule has 2 amide bonds. The zero-order valence-electron chi connectivity index (χ0n) is 8.52. The van der Waals surface area contributed by atoms with E-state index in [1.807, 2.05) is 6.92 Å². The summed E-state index contributed by atoms with van der Waals surface area (Å²) in [6, 6.07) is 0. The molecule has 3 heteroatoms. The van der Waals surface area contributed by atoms with Gasteiger partial charge in [-0.15, -0.1) is 0 Å². The fourth-order valence-corrected chi connectivity index (χ4v) is 1.57. The molecule has 0 aliphatic carbocycles. The van der Waals surface area contributed by atoms with Gasteiger partial charge in [0.2, 0.25) is 11.8 Å². The van der Waals surface area contributed by atoms with Crippen LogP contribution < -0.4 is 5.32 Å². The van der Waals surface area contributed by atoms with Gasteiger partial charge in [-0.25, -0.2) is 0 Å². The number of hydrogen-bond acceptors (Lipinski definition) is 2. The van der Waals surface area contributed by atoms with Gasteiger partial charge in [0.25, 0.3) is 0 Å². The maximum atomic E-state index is 11.4. The molecule has 1 unspecified atom stereocenters. The summed E-state index contributed by atoms with van der Waals surface area (Å²) in [6.07, 6.45) is 2.16. The van der Waals surface area contributed by atoms with E-state index in [0.29, 0.717) is 12.3 Å². The lowest BCUT2D eigenvalue weighted by atomic mass is 9.82. The molecule has 0 aromatic heterocycles. The molecule has 0 spiro atoms. The lowest BCUT2D eigenvalue weighted by Gasteiger charge is -2.19. The Morgan fingerprint density at radius 2 is 2.08 bits per heavy atom. The molecule has 0 aromatic rings. The van der Waals surface area contributed by atoms with Gasteiger partial charge in [-0.05, 0) is 18.8 Å². The van der Waals surface area contributed by atoms with Crippen LogP contribution >= 0.6 is 0 Å². The van der Waals surface area contributed by atoms with E-state index in [4.69, 9.17) is 0 Å². The minimum absolute atomic E-state index is 0.0989. The minimum atomic E-state index is -0.443. The SMILES string of the molecule is CC(C)CCC1(C)CC(=O)NC1=O. The molecule has 1 aliphatic rings. The third-order valence-corrected chi connectivity index (χ3v) is 2.63. The van der Waals surface area contributed by atoms with E-state index < -0.39 is 5.41 Å². The van der Waals surface area contributed by atoms with Crippen molar-refractivity contribution in [3.8, 4) is 0 Å². The topological polar surface area (TPSA) is 46.2 Å². The highest BCUT2D eigenvalue weighted by Gasteiger charge is 2.41. The Morgan fingerprint density at radius 3 is 2.46 bits per heavy atom. The van der Waals surface area contributed by atoms with Crippen LogP contribution in [-0.4, -0.2) is 11.8 Å². The first-order chi connectivity index (χ1) is 5.94. The van der Waals surface area contributed by atoms with Crippen LogP contribution in [0.1, 0.15) is 40.0 Å². The summed E-state index contributed by atoms with van der Waals surface area (Å²) in [4.78, 5) is 22.4. The second-order valence-corrected chi connectivity index (χ2v) is 4.55. The summed E-state index contributed by atoms with van der Waals surface area (Å²) in [6.45, 7) is 6.12. The van der Waals surface area contributed by atoms with Crippen molar-refractivity contribution in [2.24, 2.45) is 11.3 Å². The minimum Gasteiger partial charge on any atom is -0.296 e. The number of carbonyl (C=O) groups is 2. The van der Waals surface area contributed by atoms with Gasteiger partial charge in [0, 0.05) is 6.42 Å². The van der Waals surface area contributed by atoms with Crippen molar-refractivity contribution in [3.63, 3.8) is 0 Å². The Balaban J connectivity index is 2.55. The lowest BCUT2D eigenvalue weighted by Crippen LogP contribution is -2.29. The summed E-state index contributed by atoms with van der Waals surface area (Å²) >= 11 is 0. The van der Waals surface area contributed by atoms with Crippen molar-refractivity contribution in [2.45, 2.75) is 40.0 Å². The van der Waals surface area contributed by atoms with Crippen LogP contribution in [0.3, 0.4) is 0 Å². The summed E-state index contributed by atoms with van der Waals surface area (Å²) in [5.74, 6) is 0.356. The van der Waals surface area contributed by atoms with Gasteiger partial charge in [0.1, 0.15) is 0 Å². The third kappa shape index (κ3) is 2.29. The molecule has 1 fully saturated rings. The number of amides is 2. The van der Waals surface area contributed by atoms with Crippen molar-refractivity contribution in [2.75, 3.05) is 0 Å². The van der Waals surface area contributed by atoms with Crippen LogP contribution in [0.15, 0.2) is 0 Å². The summed E-state index contributed by atoms with van der Waals surface area (Å²) in [7, 11) is 0. The Morgan fingerprint density at radius 1 is 1.46 bits per heavy atom. The van der Waals surface area contributed by atoms with Crippen molar-refractivity contribution in [1.82, 2.24) is 5.32 Å². The van der Waals surface area contributed by atoms with Gasteiger partial charge in [-0.2, -0.15) is 0 Å². The lowest BCUT2D eigenvalue weighted by molar-refractivity contribution is -0.128. The maximum Gasteiger partial charge on any atom is 0.233 e. The molecule has 1 saturated heterocycles. The van der Waals surface area contributed by atoms with Crippen LogP contribution in [0.4, 0.5) is 0 Å². The first kappa shape index (κ1) is 10.2. The third-order valence-electron chi connectivity index (χ3n) is 2.63. The van der Waals surface area contributed by atoms with Crippen LogP contribution in [0, 0.1) is 11.3 Å². The Labute approximate surface area is 78.9 Å². The van der Waals surface area contributed by atoms with E-state index in [-0.39, 0.29) is 11.8 Å². The molecule has 74 valence electrons. The van der Waals surface area contributed by atoms with Gasteiger partial charge < -0.3 is 0 Å². The largest absolute Gasteiger partial charge is 0.296 e. The number of hydrogen-bond donors (Lipinski definition) is 1. The fraction of sp³-hybridized carbons (Fsp3) is 0.800. The Kier molecular flexibility index (Phi) is 2.74. The molecule has 1 rings (SSSR count). The normalized spacial score (nSPS) is 28.3. The zero-order chi connectivity index (χ0) is 10.1. The molecule has 0 saturated carbocycles. The first-order valence-corrected chi connectivity index (χ1v) is 4.78.